The van der Waals surface area contributed by atoms with Crippen molar-refractivity contribution >= 4 is 27.7 Å². The lowest BCUT2D eigenvalue weighted by Gasteiger charge is -2.30. The second-order valence-corrected chi connectivity index (χ2v) is 10.5. The molecule has 1 fully saturated rings. The average molecular weight is 533 g/mol. The monoisotopic (exact) mass is 531 g/mol. The van der Waals surface area contributed by atoms with E-state index in [0.717, 1.165) is 66.5 Å². The first-order valence-corrected chi connectivity index (χ1v) is 13.2. The molecule has 0 saturated heterocycles. The molecular weight excluding hydrogens is 494 g/mol. The summed E-state index contributed by atoms with van der Waals surface area (Å²) in [5.41, 5.74) is 3.76. The van der Waals surface area contributed by atoms with E-state index >= 15 is 0 Å². The standard InChI is InChI=1S/C26H38BrN5O2/c1-32(2)25-20-7-5-6-8-22(20)30-26(31-25)29-19-11-9-17(10-12-19)15-28-16-18-13-23(33-3)24(34-4)14-21(18)27/h13-14,17,19,28H,5-12,15-16H2,1-4H3,(H,29,30,31). The van der Waals surface area contributed by atoms with E-state index in [1.807, 2.05) is 12.1 Å². The number of aryl methyl sites for hydroxylation is 1. The lowest BCUT2D eigenvalue weighted by atomic mass is 9.86. The van der Waals surface area contributed by atoms with Gasteiger partial charge in [0.15, 0.2) is 11.5 Å². The normalized spacial score (nSPS) is 19.9. The maximum Gasteiger partial charge on any atom is 0.225 e. The highest BCUT2D eigenvalue weighted by Gasteiger charge is 2.24. The van der Waals surface area contributed by atoms with Crippen LogP contribution in [0.4, 0.5) is 11.8 Å². The van der Waals surface area contributed by atoms with Crippen LogP contribution in [-0.4, -0.2) is 50.9 Å². The molecule has 0 unspecified atom stereocenters. The number of hydrogen-bond donors (Lipinski definition) is 2. The number of aromatic nitrogens is 2. The van der Waals surface area contributed by atoms with Crippen molar-refractivity contribution in [1.29, 1.82) is 0 Å². The summed E-state index contributed by atoms with van der Waals surface area (Å²) in [5.74, 6) is 4.09. The van der Waals surface area contributed by atoms with Gasteiger partial charge in [0.05, 0.1) is 19.9 Å². The minimum atomic E-state index is 0.452. The van der Waals surface area contributed by atoms with Gasteiger partial charge in [0.1, 0.15) is 5.82 Å². The van der Waals surface area contributed by atoms with Crippen molar-refractivity contribution in [2.75, 3.05) is 45.1 Å². The highest BCUT2D eigenvalue weighted by atomic mass is 79.9. The molecule has 1 saturated carbocycles. The molecule has 1 aromatic heterocycles. The lowest BCUT2D eigenvalue weighted by Crippen LogP contribution is -2.32. The third-order valence-electron chi connectivity index (χ3n) is 7.07. The van der Waals surface area contributed by atoms with Crippen LogP contribution in [0.1, 0.15) is 55.3 Å². The fourth-order valence-electron chi connectivity index (χ4n) is 5.14. The fraction of sp³-hybridized carbons (Fsp3) is 0.615. The average Bonchev–Trinajstić information content (AvgIpc) is 2.85. The molecule has 2 N–H and O–H groups in total. The van der Waals surface area contributed by atoms with E-state index in [1.165, 1.54) is 42.5 Å². The Bertz CT molecular complexity index is 976. The molecule has 0 radical (unpaired) electrons. The fourth-order valence-corrected chi connectivity index (χ4v) is 5.61. The number of anilines is 2. The second-order valence-electron chi connectivity index (χ2n) is 9.69. The van der Waals surface area contributed by atoms with E-state index in [0.29, 0.717) is 12.0 Å². The van der Waals surface area contributed by atoms with Crippen molar-refractivity contribution in [2.45, 2.75) is 64.0 Å². The first-order valence-electron chi connectivity index (χ1n) is 12.4. The van der Waals surface area contributed by atoms with Crippen LogP contribution in [-0.2, 0) is 19.4 Å². The SMILES string of the molecule is COc1cc(Br)c(CNCC2CCC(Nc3nc4c(c(N(C)C)n3)CCCC4)CC2)cc1OC. The van der Waals surface area contributed by atoms with Crippen molar-refractivity contribution in [3.05, 3.63) is 33.4 Å². The highest BCUT2D eigenvalue weighted by Crippen LogP contribution is 2.34. The van der Waals surface area contributed by atoms with E-state index in [-0.39, 0.29) is 0 Å². The number of ether oxygens (including phenoxy) is 2. The van der Waals surface area contributed by atoms with Crippen LogP contribution in [0.15, 0.2) is 16.6 Å². The van der Waals surface area contributed by atoms with Gasteiger partial charge in [-0.3, -0.25) is 0 Å². The Labute approximate surface area is 212 Å². The third kappa shape index (κ3) is 5.95. The maximum absolute atomic E-state index is 5.45. The van der Waals surface area contributed by atoms with Crippen LogP contribution in [0.2, 0.25) is 0 Å². The Hall–Kier alpha value is -2.06. The molecule has 1 heterocycles. The van der Waals surface area contributed by atoms with Crippen molar-refractivity contribution in [3.63, 3.8) is 0 Å². The summed E-state index contributed by atoms with van der Waals surface area (Å²) in [6.45, 7) is 1.82. The van der Waals surface area contributed by atoms with Crippen molar-refractivity contribution in [1.82, 2.24) is 15.3 Å². The summed E-state index contributed by atoms with van der Waals surface area (Å²) < 4.78 is 11.9. The topological polar surface area (TPSA) is 71.5 Å². The first kappa shape index (κ1) is 25.0. The number of fused-ring (bicyclic) bond motifs is 1. The van der Waals surface area contributed by atoms with E-state index in [2.05, 4.69) is 45.6 Å². The molecule has 0 bridgehead atoms. The predicted octanol–water partition coefficient (Wildman–Crippen LogP) is 4.96. The summed E-state index contributed by atoms with van der Waals surface area (Å²) in [6.07, 6.45) is 9.38. The van der Waals surface area contributed by atoms with Crippen LogP contribution >= 0.6 is 15.9 Å². The molecule has 0 amide bonds. The molecule has 0 aliphatic heterocycles. The summed E-state index contributed by atoms with van der Waals surface area (Å²) >= 11 is 3.65. The quantitative estimate of drug-likeness (QED) is 0.473. The largest absolute Gasteiger partial charge is 0.493 e. The molecule has 2 aromatic rings. The predicted molar refractivity (Wildman–Crippen MR) is 141 cm³/mol. The molecule has 1 aromatic carbocycles. The van der Waals surface area contributed by atoms with Gasteiger partial charge in [-0.25, -0.2) is 4.98 Å². The van der Waals surface area contributed by atoms with Gasteiger partial charge < -0.3 is 25.0 Å². The van der Waals surface area contributed by atoms with Crippen LogP contribution in [0.25, 0.3) is 0 Å². The number of hydrogen-bond acceptors (Lipinski definition) is 7. The molecule has 186 valence electrons. The zero-order valence-corrected chi connectivity index (χ0v) is 22.5. The summed E-state index contributed by atoms with van der Waals surface area (Å²) in [4.78, 5) is 11.9. The Morgan fingerprint density at radius 3 is 2.41 bits per heavy atom. The number of halogens is 1. The number of benzene rings is 1. The van der Waals surface area contributed by atoms with Gasteiger partial charge in [0, 0.05) is 36.7 Å². The van der Waals surface area contributed by atoms with Gasteiger partial charge in [0.2, 0.25) is 5.95 Å². The molecular formula is C26H38BrN5O2. The van der Waals surface area contributed by atoms with Crippen molar-refractivity contribution in [3.8, 4) is 11.5 Å². The van der Waals surface area contributed by atoms with Crippen LogP contribution in [0, 0.1) is 5.92 Å². The number of nitrogens with zero attached hydrogens (tertiary/aromatic N) is 3. The van der Waals surface area contributed by atoms with Gasteiger partial charge >= 0.3 is 0 Å². The molecule has 8 heteroatoms. The summed E-state index contributed by atoms with van der Waals surface area (Å²) in [7, 11) is 7.50. The Morgan fingerprint density at radius 1 is 1.00 bits per heavy atom. The minimum absolute atomic E-state index is 0.452. The van der Waals surface area contributed by atoms with Crippen molar-refractivity contribution in [2.24, 2.45) is 5.92 Å². The molecule has 2 aliphatic carbocycles. The number of rotatable bonds is 9. The van der Waals surface area contributed by atoms with Gasteiger partial charge in [0.25, 0.3) is 0 Å². The van der Waals surface area contributed by atoms with Gasteiger partial charge in [-0.1, -0.05) is 15.9 Å². The molecule has 4 rings (SSSR count). The van der Waals surface area contributed by atoms with Crippen molar-refractivity contribution < 1.29 is 9.47 Å². The van der Waals surface area contributed by atoms with E-state index in [9.17, 15) is 0 Å². The molecule has 0 spiro atoms. The Kier molecular flexibility index (Phi) is 8.53. The molecule has 7 nitrogen and oxygen atoms in total. The maximum atomic E-state index is 5.45. The van der Waals surface area contributed by atoms with E-state index in [4.69, 9.17) is 19.4 Å². The van der Waals surface area contributed by atoms with Gasteiger partial charge in [-0.15, -0.1) is 0 Å². The Morgan fingerprint density at radius 2 is 1.71 bits per heavy atom. The van der Waals surface area contributed by atoms with E-state index in [1.54, 1.807) is 14.2 Å². The minimum Gasteiger partial charge on any atom is -0.493 e. The number of nitrogens with one attached hydrogen (secondary N) is 2. The third-order valence-corrected chi connectivity index (χ3v) is 7.80. The smallest absolute Gasteiger partial charge is 0.225 e. The van der Waals surface area contributed by atoms with E-state index < -0.39 is 0 Å². The zero-order valence-electron chi connectivity index (χ0n) is 20.9. The first-order chi connectivity index (χ1) is 16.5. The highest BCUT2D eigenvalue weighted by molar-refractivity contribution is 9.10. The van der Waals surface area contributed by atoms with Crippen LogP contribution in [0.5, 0.6) is 11.5 Å². The number of methoxy groups -OCH3 is 2. The summed E-state index contributed by atoms with van der Waals surface area (Å²) in [6, 6.07) is 4.46. The molecule has 34 heavy (non-hydrogen) atoms. The van der Waals surface area contributed by atoms with Crippen LogP contribution in [0.3, 0.4) is 0 Å². The Balaban J connectivity index is 1.27. The molecule has 0 atom stereocenters. The van der Waals surface area contributed by atoms with Crippen LogP contribution < -0.4 is 25.0 Å². The lowest BCUT2D eigenvalue weighted by molar-refractivity contribution is 0.323. The molecule has 2 aliphatic rings. The zero-order chi connectivity index (χ0) is 24.1. The van der Waals surface area contributed by atoms with Gasteiger partial charge in [-0.05, 0) is 81.5 Å². The summed E-state index contributed by atoms with van der Waals surface area (Å²) in [5, 5.41) is 7.30. The van der Waals surface area contributed by atoms with Gasteiger partial charge in [-0.2, -0.15) is 4.98 Å². The second kappa shape index (κ2) is 11.6.